The second-order valence-corrected chi connectivity index (χ2v) is 5.61. The Morgan fingerprint density at radius 2 is 1.32 bits per heavy atom. The summed E-state index contributed by atoms with van der Waals surface area (Å²) in [7, 11) is 0. The van der Waals surface area contributed by atoms with E-state index in [4.69, 9.17) is 16.2 Å². The van der Waals surface area contributed by atoms with Crippen LogP contribution >= 0.6 is 0 Å². The van der Waals surface area contributed by atoms with Gasteiger partial charge in [-0.05, 0) is 35.9 Å². The Kier molecular flexibility index (Phi) is 3.67. The molecular weight excluding hydrogens is 312 g/mol. The molecule has 1 aromatic heterocycles. The molecule has 4 rings (SSSR count). The van der Waals surface area contributed by atoms with E-state index < -0.39 is 0 Å². The maximum absolute atomic E-state index is 5.83. The zero-order valence-electron chi connectivity index (χ0n) is 13.4. The van der Waals surface area contributed by atoms with Gasteiger partial charge in [0, 0.05) is 5.56 Å². The second kappa shape index (κ2) is 6.13. The number of benzene rings is 3. The number of ether oxygens (including phenoxy) is 1. The molecule has 0 unspecified atom stereocenters. The van der Waals surface area contributed by atoms with Crippen molar-refractivity contribution < 1.29 is 4.74 Å². The highest BCUT2D eigenvalue weighted by molar-refractivity contribution is 5.93. The maximum Gasteiger partial charge on any atom is 0.166 e. The van der Waals surface area contributed by atoms with E-state index in [2.05, 4.69) is 9.97 Å². The van der Waals surface area contributed by atoms with Gasteiger partial charge >= 0.3 is 0 Å². The lowest BCUT2D eigenvalue weighted by atomic mass is 10.0. The summed E-state index contributed by atoms with van der Waals surface area (Å²) in [5.74, 6) is 2.06. The molecule has 25 heavy (non-hydrogen) atoms. The molecule has 0 amide bonds. The summed E-state index contributed by atoms with van der Waals surface area (Å²) in [4.78, 5) is 8.70. The first-order valence-corrected chi connectivity index (χ1v) is 7.86. The molecule has 0 saturated heterocycles. The molecule has 122 valence electrons. The van der Waals surface area contributed by atoms with Crippen LogP contribution in [0.25, 0.3) is 22.2 Å². The largest absolute Gasteiger partial charge is 0.457 e. The molecule has 0 radical (unpaired) electrons. The lowest BCUT2D eigenvalue weighted by molar-refractivity contribution is 0.483. The molecule has 0 aliphatic rings. The van der Waals surface area contributed by atoms with Gasteiger partial charge in [0.05, 0.1) is 11.0 Å². The molecule has 0 spiro atoms. The van der Waals surface area contributed by atoms with Crippen LogP contribution in [-0.2, 0) is 0 Å². The van der Waals surface area contributed by atoms with E-state index >= 15 is 0 Å². The highest BCUT2D eigenvalue weighted by Crippen LogP contribution is 2.30. The van der Waals surface area contributed by atoms with Crippen molar-refractivity contribution in [3.63, 3.8) is 0 Å². The van der Waals surface area contributed by atoms with Gasteiger partial charge in [-0.3, -0.25) is 0 Å². The summed E-state index contributed by atoms with van der Waals surface area (Å²) >= 11 is 0. The van der Waals surface area contributed by atoms with Crippen molar-refractivity contribution in [2.75, 3.05) is 11.5 Å². The van der Waals surface area contributed by atoms with Gasteiger partial charge < -0.3 is 16.2 Å². The number of hydrogen-bond donors (Lipinski definition) is 2. The first-order chi connectivity index (χ1) is 12.2. The number of nitrogens with two attached hydrogens (primary N) is 2. The summed E-state index contributed by atoms with van der Waals surface area (Å²) in [6.07, 6.45) is 0. The quantitative estimate of drug-likeness (QED) is 0.587. The van der Waals surface area contributed by atoms with Gasteiger partial charge in [0.25, 0.3) is 0 Å². The SMILES string of the molecule is Nc1nc2cccc(-c3ccc(Oc4ccccc4)cc3)c2nc1N. The fourth-order valence-corrected chi connectivity index (χ4v) is 2.66. The Balaban J connectivity index is 1.71. The van der Waals surface area contributed by atoms with E-state index in [9.17, 15) is 0 Å². The molecule has 1 heterocycles. The van der Waals surface area contributed by atoms with Gasteiger partial charge in [-0.2, -0.15) is 0 Å². The van der Waals surface area contributed by atoms with Gasteiger partial charge in [0.1, 0.15) is 11.5 Å². The molecule has 4 N–H and O–H groups in total. The monoisotopic (exact) mass is 328 g/mol. The smallest absolute Gasteiger partial charge is 0.166 e. The summed E-state index contributed by atoms with van der Waals surface area (Å²) < 4.78 is 5.83. The molecule has 0 bridgehead atoms. The Morgan fingerprint density at radius 3 is 2.08 bits per heavy atom. The Bertz CT molecular complexity index is 1030. The summed E-state index contributed by atoms with van der Waals surface area (Å²) in [6, 6.07) is 23.3. The zero-order chi connectivity index (χ0) is 17.2. The summed E-state index contributed by atoms with van der Waals surface area (Å²) in [5.41, 5.74) is 15.0. The predicted octanol–water partition coefficient (Wildman–Crippen LogP) is 4.25. The first kappa shape index (κ1) is 15.0. The molecule has 4 aromatic rings. The van der Waals surface area contributed by atoms with Crippen LogP contribution in [0.15, 0.2) is 72.8 Å². The van der Waals surface area contributed by atoms with Crippen LogP contribution in [0.5, 0.6) is 11.5 Å². The van der Waals surface area contributed by atoms with Crippen LogP contribution in [0, 0.1) is 0 Å². The minimum Gasteiger partial charge on any atom is -0.457 e. The van der Waals surface area contributed by atoms with Gasteiger partial charge in [0.2, 0.25) is 0 Å². The van der Waals surface area contributed by atoms with Crippen LogP contribution in [0.1, 0.15) is 0 Å². The normalized spacial score (nSPS) is 10.7. The molecule has 5 heteroatoms. The van der Waals surface area contributed by atoms with Crippen molar-refractivity contribution in [2.45, 2.75) is 0 Å². The van der Waals surface area contributed by atoms with E-state index in [1.807, 2.05) is 72.8 Å². The molecule has 3 aromatic carbocycles. The molecule has 0 aliphatic heterocycles. The van der Waals surface area contributed by atoms with E-state index in [0.717, 1.165) is 28.1 Å². The van der Waals surface area contributed by atoms with Crippen molar-refractivity contribution in [2.24, 2.45) is 0 Å². The van der Waals surface area contributed by atoms with Crippen molar-refractivity contribution in [3.8, 4) is 22.6 Å². The lowest BCUT2D eigenvalue weighted by Crippen LogP contribution is -2.01. The summed E-state index contributed by atoms with van der Waals surface area (Å²) in [6.45, 7) is 0. The van der Waals surface area contributed by atoms with Crippen LogP contribution < -0.4 is 16.2 Å². The average molecular weight is 328 g/mol. The third kappa shape index (κ3) is 2.95. The number of anilines is 2. The van der Waals surface area contributed by atoms with Gasteiger partial charge in [-0.1, -0.05) is 42.5 Å². The Hall–Kier alpha value is -3.60. The Labute approximate surface area is 144 Å². The van der Waals surface area contributed by atoms with Crippen molar-refractivity contribution in [3.05, 3.63) is 72.8 Å². The zero-order valence-corrected chi connectivity index (χ0v) is 13.4. The van der Waals surface area contributed by atoms with Crippen molar-refractivity contribution >= 4 is 22.7 Å². The van der Waals surface area contributed by atoms with E-state index in [1.165, 1.54) is 0 Å². The highest BCUT2D eigenvalue weighted by atomic mass is 16.5. The number of rotatable bonds is 3. The molecular formula is C20H16N4O. The van der Waals surface area contributed by atoms with Crippen molar-refractivity contribution in [1.82, 2.24) is 9.97 Å². The van der Waals surface area contributed by atoms with Crippen molar-refractivity contribution in [1.29, 1.82) is 0 Å². The minimum atomic E-state index is 0.240. The first-order valence-electron chi connectivity index (χ1n) is 7.86. The molecule has 0 aliphatic carbocycles. The second-order valence-electron chi connectivity index (χ2n) is 5.61. The third-order valence-corrected chi connectivity index (χ3v) is 3.89. The fourth-order valence-electron chi connectivity index (χ4n) is 2.66. The highest BCUT2D eigenvalue weighted by Gasteiger charge is 2.09. The van der Waals surface area contributed by atoms with E-state index in [0.29, 0.717) is 5.52 Å². The Morgan fingerprint density at radius 1 is 0.640 bits per heavy atom. The summed E-state index contributed by atoms with van der Waals surface area (Å²) in [5, 5.41) is 0. The number of nitrogen functional groups attached to an aromatic ring is 2. The average Bonchev–Trinajstić information content (AvgIpc) is 2.64. The third-order valence-electron chi connectivity index (χ3n) is 3.89. The number of aromatic nitrogens is 2. The lowest BCUT2D eigenvalue weighted by Gasteiger charge is -2.09. The molecule has 5 nitrogen and oxygen atoms in total. The van der Waals surface area contributed by atoms with Crippen LogP contribution in [0.3, 0.4) is 0 Å². The van der Waals surface area contributed by atoms with Crippen LogP contribution in [0.4, 0.5) is 11.6 Å². The minimum absolute atomic E-state index is 0.240. The van der Waals surface area contributed by atoms with E-state index in [1.54, 1.807) is 0 Å². The molecule has 0 fully saturated rings. The standard InChI is InChI=1S/C20H16N4O/c21-19-20(22)24-18-16(7-4-8-17(18)23-19)13-9-11-15(12-10-13)25-14-5-2-1-3-6-14/h1-12H,(H2,21,23)(H2,22,24). The maximum atomic E-state index is 5.83. The fraction of sp³-hybridized carbons (Fsp3) is 0. The number of nitrogens with zero attached hydrogens (tertiary/aromatic N) is 2. The number of hydrogen-bond acceptors (Lipinski definition) is 5. The van der Waals surface area contributed by atoms with Gasteiger partial charge in [-0.25, -0.2) is 9.97 Å². The molecule has 0 atom stereocenters. The van der Waals surface area contributed by atoms with Crippen LogP contribution in [-0.4, -0.2) is 9.97 Å². The number of fused-ring (bicyclic) bond motifs is 1. The predicted molar refractivity (Wildman–Crippen MR) is 100 cm³/mol. The van der Waals surface area contributed by atoms with Crippen LogP contribution in [0.2, 0.25) is 0 Å². The van der Waals surface area contributed by atoms with Gasteiger partial charge in [-0.15, -0.1) is 0 Å². The van der Waals surface area contributed by atoms with E-state index in [-0.39, 0.29) is 11.6 Å². The number of para-hydroxylation sites is 2. The van der Waals surface area contributed by atoms with Gasteiger partial charge in [0.15, 0.2) is 11.6 Å². The topological polar surface area (TPSA) is 87.0 Å². The molecule has 0 saturated carbocycles.